The first-order chi connectivity index (χ1) is 12.5. The van der Waals surface area contributed by atoms with Crippen molar-refractivity contribution in [2.24, 2.45) is 23.7 Å². The van der Waals surface area contributed by atoms with E-state index in [1.54, 1.807) is 24.3 Å². The third-order valence-electron chi connectivity index (χ3n) is 5.84. The summed E-state index contributed by atoms with van der Waals surface area (Å²) in [6, 6.07) is 6.71. The molecule has 3 aliphatic rings. The number of likely N-dealkylation sites (tertiary alicyclic amines) is 1. The Balaban J connectivity index is 1.34. The van der Waals surface area contributed by atoms with Gasteiger partial charge in [0.15, 0.2) is 12.4 Å². The van der Waals surface area contributed by atoms with Gasteiger partial charge in [0.25, 0.3) is 0 Å². The molecular weight excluding hydrogens is 402 g/mol. The summed E-state index contributed by atoms with van der Waals surface area (Å²) in [5, 5.41) is 0. The van der Waals surface area contributed by atoms with E-state index in [2.05, 4.69) is 15.9 Å². The molecule has 0 unspecified atom stereocenters. The van der Waals surface area contributed by atoms with Crippen LogP contribution in [-0.2, 0) is 19.1 Å². The molecule has 2 aliphatic carbocycles. The highest BCUT2D eigenvalue weighted by molar-refractivity contribution is 9.10. The molecule has 1 saturated heterocycles. The van der Waals surface area contributed by atoms with Gasteiger partial charge < -0.3 is 4.74 Å². The van der Waals surface area contributed by atoms with Gasteiger partial charge in [0.05, 0.1) is 11.8 Å². The Kier molecular flexibility index (Phi) is 4.42. The van der Waals surface area contributed by atoms with E-state index in [-0.39, 0.29) is 41.3 Å². The second-order valence-corrected chi connectivity index (χ2v) is 8.15. The van der Waals surface area contributed by atoms with Crippen LogP contribution >= 0.6 is 15.9 Å². The number of halogens is 1. The van der Waals surface area contributed by atoms with Crippen LogP contribution in [0.1, 0.15) is 29.6 Å². The molecule has 1 aromatic carbocycles. The fraction of sp³-hybridized carbons (Fsp3) is 0.474. The molecule has 136 valence electrons. The Hall–Kier alpha value is -2.02. The number of carbonyl (C=O) groups is 4. The van der Waals surface area contributed by atoms with Crippen molar-refractivity contribution in [2.75, 3.05) is 13.2 Å². The van der Waals surface area contributed by atoms with Gasteiger partial charge in [0.1, 0.15) is 6.54 Å². The zero-order valence-electron chi connectivity index (χ0n) is 14.0. The van der Waals surface area contributed by atoms with Crippen molar-refractivity contribution in [3.63, 3.8) is 0 Å². The van der Waals surface area contributed by atoms with E-state index in [4.69, 9.17) is 4.74 Å². The lowest BCUT2D eigenvalue weighted by Crippen LogP contribution is -2.38. The van der Waals surface area contributed by atoms with Crippen LogP contribution in [0.4, 0.5) is 0 Å². The van der Waals surface area contributed by atoms with Crippen molar-refractivity contribution in [3.8, 4) is 0 Å². The molecule has 7 heteroatoms. The standard InChI is InChI=1S/C19H18BrNO5/c20-13-5-3-10(4-6-13)14(22)9-26-15(23)8-21-18(24)16-11-1-2-12(7-11)17(16)19(21)25/h3-6,11-12,16-17H,1-2,7-9H2/t11-,12+,16-,17-/m0/s1. The summed E-state index contributed by atoms with van der Waals surface area (Å²) in [6.07, 6.45) is 2.93. The molecule has 6 nitrogen and oxygen atoms in total. The summed E-state index contributed by atoms with van der Waals surface area (Å²) in [7, 11) is 0. The zero-order chi connectivity index (χ0) is 18.4. The Bertz CT molecular complexity index is 762. The number of imide groups is 1. The van der Waals surface area contributed by atoms with E-state index in [1.807, 2.05) is 0 Å². The van der Waals surface area contributed by atoms with Gasteiger partial charge >= 0.3 is 5.97 Å². The van der Waals surface area contributed by atoms with Crippen LogP contribution in [-0.4, -0.2) is 41.6 Å². The molecule has 2 saturated carbocycles. The molecule has 3 fully saturated rings. The highest BCUT2D eigenvalue weighted by Gasteiger charge is 2.61. The second kappa shape index (κ2) is 6.61. The number of carbonyl (C=O) groups excluding carboxylic acids is 4. The number of esters is 1. The molecular formula is C19H18BrNO5. The van der Waals surface area contributed by atoms with Crippen molar-refractivity contribution in [2.45, 2.75) is 19.3 Å². The van der Waals surface area contributed by atoms with Gasteiger partial charge in [0, 0.05) is 10.0 Å². The SMILES string of the molecule is O=C(CN1C(=O)[C@H]2[C@@H]3CC[C@@H](C3)[C@@H]2C1=O)OCC(=O)c1ccc(Br)cc1. The fourth-order valence-corrected chi connectivity index (χ4v) is 4.93. The van der Waals surface area contributed by atoms with Gasteiger partial charge in [0.2, 0.25) is 11.8 Å². The van der Waals surface area contributed by atoms with Crippen molar-refractivity contribution >= 4 is 39.5 Å². The van der Waals surface area contributed by atoms with Crippen molar-refractivity contribution in [3.05, 3.63) is 34.3 Å². The van der Waals surface area contributed by atoms with E-state index < -0.39 is 19.1 Å². The van der Waals surface area contributed by atoms with E-state index in [0.717, 1.165) is 28.6 Å². The third kappa shape index (κ3) is 2.88. The number of hydrogen-bond donors (Lipinski definition) is 0. The molecule has 1 aliphatic heterocycles. The first-order valence-electron chi connectivity index (χ1n) is 8.75. The number of ether oxygens (including phenoxy) is 1. The van der Waals surface area contributed by atoms with Gasteiger partial charge in [-0.05, 0) is 43.2 Å². The van der Waals surface area contributed by atoms with E-state index >= 15 is 0 Å². The summed E-state index contributed by atoms with van der Waals surface area (Å²) < 4.78 is 5.84. The van der Waals surface area contributed by atoms with Crippen molar-refractivity contribution in [1.29, 1.82) is 0 Å². The summed E-state index contributed by atoms with van der Waals surface area (Å²) in [5.41, 5.74) is 0.431. The summed E-state index contributed by atoms with van der Waals surface area (Å²) in [5.74, 6) is -1.50. The van der Waals surface area contributed by atoms with Gasteiger partial charge in [-0.2, -0.15) is 0 Å². The Morgan fingerprint density at radius 3 is 2.19 bits per heavy atom. The zero-order valence-corrected chi connectivity index (χ0v) is 15.6. The molecule has 4 atom stereocenters. The molecule has 0 N–H and O–H groups in total. The topological polar surface area (TPSA) is 80.8 Å². The number of ketones is 1. The molecule has 0 radical (unpaired) electrons. The molecule has 2 amide bonds. The minimum Gasteiger partial charge on any atom is -0.456 e. The average molecular weight is 420 g/mol. The summed E-state index contributed by atoms with van der Waals surface area (Å²) in [6.45, 7) is -0.813. The first-order valence-corrected chi connectivity index (χ1v) is 9.54. The maximum atomic E-state index is 12.5. The predicted octanol–water partition coefficient (Wildman–Crippen LogP) is 2.21. The number of amides is 2. The van der Waals surface area contributed by atoms with Crippen LogP contribution in [0.3, 0.4) is 0 Å². The quantitative estimate of drug-likeness (QED) is 0.415. The van der Waals surface area contributed by atoms with Crippen LogP contribution in [0.2, 0.25) is 0 Å². The van der Waals surface area contributed by atoms with E-state index in [9.17, 15) is 19.2 Å². The lowest BCUT2D eigenvalue weighted by Gasteiger charge is -2.19. The minimum absolute atomic E-state index is 0.247. The number of fused-ring (bicyclic) bond motifs is 5. The van der Waals surface area contributed by atoms with Crippen LogP contribution < -0.4 is 0 Å². The van der Waals surface area contributed by atoms with Crippen LogP contribution in [0.25, 0.3) is 0 Å². The van der Waals surface area contributed by atoms with Gasteiger partial charge in [-0.1, -0.05) is 28.1 Å². The Labute approximate surface area is 159 Å². The van der Waals surface area contributed by atoms with Crippen molar-refractivity contribution < 1.29 is 23.9 Å². The van der Waals surface area contributed by atoms with Gasteiger partial charge in [-0.3, -0.25) is 24.1 Å². The van der Waals surface area contributed by atoms with E-state index in [1.165, 1.54) is 0 Å². The summed E-state index contributed by atoms with van der Waals surface area (Å²) >= 11 is 3.28. The highest BCUT2D eigenvalue weighted by Crippen LogP contribution is 2.56. The molecule has 2 bridgehead atoms. The number of nitrogens with zero attached hydrogens (tertiary/aromatic N) is 1. The normalized spacial score (nSPS) is 29.2. The molecule has 0 aromatic heterocycles. The van der Waals surface area contributed by atoms with Crippen LogP contribution in [0.5, 0.6) is 0 Å². The molecule has 1 heterocycles. The number of rotatable bonds is 5. The Morgan fingerprint density at radius 1 is 1.04 bits per heavy atom. The van der Waals surface area contributed by atoms with Crippen LogP contribution in [0, 0.1) is 23.7 Å². The predicted molar refractivity (Wildman–Crippen MR) is 94.0 cm³/mol. The number of Topliss-reactive ketones (excluding diaryl/α,β-unsaturated/α-hetero) is 1. The second-order valence-electron chi connectivity index (χ2n) is 7.24. The lowest BCUT2D eigenvalue weighted by atomic mass is 9.81. The van der Waals surface area contributed by atoms with Gasteiger partial charge in [-0.15, -0.1) is 0 Å². The third-order valence-corrected chi connectivity index (χ3v) is 6.37. The maximum absolute atomic E-state index is 12.5. The first kappa shape index (κ1) is 17.4. The maximum Gasteiger partial charge on any atom is 0.326 e. The minimum atomic E-state index is -0.732. The van der Waals surface area contributed by atoms with Gasteiger partial charge in [-0.25, -0.2) is 0 Å². The van der Waals surface area contributed by atoms with Crippen molar-refractivity contribution in [1.82, 2.24) is 4.90 Å². The highest BCUT2D eigenvalue weighted by atomic mass is 79.9. The lowest BCUT2D eigenvalue weighted by molar-refractivity contribution is -0.152. The monoisotopic (exact) mass is 419 g/mol. The molecule has 4 rings (SSSR count). The average Bonchev–Trinajstić information content (AvgIpc) is 3.30. The Morgan fingerprint density at radius 2 is 1.62 bits per heavy atom. The van der Waals surface area contributed by atoms with E-state index in [0.29, 0.717) is 5.56 Å². The summed E-state index contributed by atoms with van der Waals surface area (Å²) in [4.78, 5) is 50.2. The fourth-order valence-electron chi connectivity index (χ4n) is 4.67. The molecule has 0 spiro atoms. The van der Waals surface area contributed by atoms with Crippen LogP contribution in [0.15, 0.2) is 28.7 Å². The number of hydrogen-bond acceptors (Lipinski definition) is 5. The molecule has 26 heavy (non-hydrogen) atoms. The number of benzene rings is 1. The molecule has 1 aromatic rings. The smallest absolute Gasteiger partial charge is 0.326 e. The largest absolute Gasteiger partial charge is 0.456 e.